The molecule has 0 saturated carbocycles. The predicted molar refractivity (Wildman–Crippen MR) is 70.5 cm³/mol. The minimum absolute atomic E-state index is 0.126. The predicted octanol–water partition coefficient (Wildman–Crippen LogP) is 2.14. The Morgan fingerprint density at radius 1 is 1.29 bits per heavy atom. The first-order valence-electron chi connectivity index (χ1n) is 6.06. The van der Waals surface area contributed by atoms with Gasteiger partial charge in [0, 0.05) is 13.1 Å². The highest BCUT2D eigenvalue weighted by Crippen LogP contribution is 2.14. The van der Waals surface area contributed by atoms with Crippen molar-refractivity contribution >= 4 is 22.4 Å². The molecule has 0 spiro atoms. The summed E-state index contributed by atoms with van der Waals surface area (Å²) in [6.07, 6.45) is 2.16. The molecule has 0 aromatic carbocycles. The highest BCUT2D eigenvalue weighted by molar-refractivity contribution is 7.17. The van der Waals surface area contributed by atoms with E-state index in [0.29, 0.717) is 22.6 Å². The van der Waals surface area contributed by atoms with Gasteiger partial charge in [-0.2, -0.15) is 0 Å². The summed E-state index contributed by atoms with van der Waals surface area (Å²) in [5.41, 5.74) is 0. The molecule has 0 aliphatic rings. The Labute approximate surface area is 106 Å². The second-order valence-electron chi connectivity index (χ2n) is 3.84. The van der Waals surface area contributed by atoms with Gasteiger partial charge in [-0.15, -0.1) is 10.2 Å². The molecule has 0 unspecified atom stereocenters. The molecule has 6 heteroatoms. The minimum Gasteiger partial charge on any atom is -0.360 e. The van der Waals surface area contributed by atoms with Crippen molar-refractivity contribution in [2.24, 2.45) is 5.92 Å². The molecule has 0 atom stereocenters. The number of amides is 1. The topological polar surface area (TPSA) is 66.9 Å². The number of nitrogens with zero attached hydrogens (tertiary/aromatic N) is 2. The van der Waals surface area contributed by atoms with Crippen molar-refractivity contribution in [3.05, 3.63) is 5.01 Å². The van der Waals surface area contributed by atoms with E-state index >= 15 is 0 Å². The Balaban J connectivity index is 2.46. The van der Waals surface area contributed by atoms with Crippen molar-refractivity contribution in [2.45, 2.75) is 33.6 Å². The second kappa shape index (κ2) is 7.21. The maximum absolute atomic E-state index is 11.8. The smallest absolute Gasteiger partial charge is 0.282 e. The lowest BCUT2D eigenvalue weighted by molar-refractivity contribution is 0.0945. The summed E-state index contributed by atoms with van der Waals surface area (Å²) in [5.74, 6) is 0.415. The molecule has 5 nitrogen and oxygen atoms in total. The fraction of sp³-hybridized carbons (Fsp3) is 0.727. The molecule has 0 fully saturated rings. The molecule has 1 aromatic rings. The SMILES string of the molecule is CCNc1nnc(C(=O)NCC(CC)CC)s1. The maximum atomic E-state index is 11.8. The van der Waals surface area contributed by atoms with Crippen molar-refractivity contribution in [1.29, 1.82) is 0 Å². The molecule has 0 radical (unpaired) electrons. The molecular weight excluding hydrogens is 236 g/mol. The fourth-order valence-corrected chi connectivity index (χ4v) is 2.16. The van der Waals surface area contributed by atoms with E-state index in [-0.39, 0.29) is 5.91 Å². The molecule has 1 amide bonds. The van der Waals surface area contributed by atoms with Gasteiger partial charge in [0.15, 0.2) is 0 Å². The van der Waals surface area contributed by atoms with E-state index in [0.717, 1.165) is 19.4 Å². The summed E-state index contributed by atoms with van der Waals surface area (Å²) >= 11 is 1.29. The number of anilines is 1. The van der Waals surface area contributed by atoms with Gasteiger partial charge in [-0.3, -0.25) is 4.79 Å². The molecule has 96 valence electrons. The molecule has 1 aromatic heterocycles. The van der Waals surface area contributed by atoms with Crippen LogP contribution in [0.1, 0.15) is 43.4 Å². The van der Waals surface area contributed by atoms with Gasteiger partial charge in [0.05, 0.1) is 0 Å². The standard InChI is InChI=1S/C11H20N4OS/c1-4-8(5-2)7-13-9(16)10-14-15-11(17-10)12-6-3/h8H,4-7H2,1-3H3,(H,12,15)(H,13,16). The second-order valence-corrected chi connectivity index (χ2v) is 4.81. The number of rotatable bonds is 7. The van der Waals surface area contributed by atoms with E-state index in [4.69, 9.17) is 0 Å². The van der Waals surface area contributed by atoms with Gasteiger partial charge in [-0.05, 0) is 12.8 Å². The normalized spacial score (nSPS) is 10.6. The van der Waals surface area contributed by atoms with Gasteiger partial charge in [0.25, 0.3) is 5.91 Å². The van der Waals surface area contributed by atoms with Crippen LogP contribution >= 0.6 is 11.3 Å². The number of carbonyl (C=O) groups excluding carboxylic acids is 1. The van der Waals surface area contributed by atoms with Crippen LogP contribution < -0.4 is 10.6 Å². The first-order chi connectivity index (χ1) is 8.21. The van der Waals surface area contributed by atoms with Crippen LogP contribution in [0.15, 0.2) is 0 Å². The lowest BCUT2D eigenvalue weighted by Gasteiger charge is -2.11. The van der Waals surface area contributed by atoms with Crippen LogP contribution in [0.5, 0.6) is 0 Å². The van der Waals surface area contributed by atoms with Crippen molar-refractivity contribution < 1.29 is 4.79 Å². The average molecular weight is 256 g/mol. The molecule has 17 heavy (non-hydrogen) atoms. The zero-order valence-corrected chi connectivity index (χ0v) is 11.4. The van der Waals surface area contributed by atoms with Crippen molar-refractivity contribution in [3.63, 3.8) is 0 Å². The third-order valence-corrected chi connectivity index (χ3v) is 3.53. The molecule has 0 bridgehead atoms. The summed E-state index contributed by atoms with van der Waals surface area (Å²) in [6.45, 7) is 7.74. The molecule has 1 heterocycles. The summed E-state index contributed by atoms with van der Waals surface area (Å²) in [6, 6.07) is 0. The van der Waals surface area contributed by atoms with Crippen LogP contribution in [0.25, 0.3) is 0 Å². The molecule has 1 rings (SSSR count). The minimum atomic E-state index is -0.126. The summed E-state index contributed by atoms with van der Waals surface area (Å²) in [7, 11) is 0. The third-order valence-electron chi connectivity index (χ3n) is 2.65. The fourth-order valence-electron chi connectivity index (χ4n) is 1.43. The lowest BCUT2D eigenvalue weighted by Crippen LogP contribution is -2.28. The highest BCUT2D eigenvalue weighted by atomic mass is 32.1. The first-order valence-corrected chi connectivity index (χ1v) is 6.88. The zero-order chi connectivity index (χ0) is 12.7. The summed E-state index contributed by atoms with van der Waals surface area (Å²) < 4.78 is 0. The third kappa shape index (κ3) is 4.30. The van der Waals surface area contributed by atoms with Gasteiger partial charge in [0.2, 0.25) is 10.1 Å². The van der Waals surface area contributed by atoms with E-state index in [1.54, 1.807) is 0 Å². The number of hydrogen-bond acceptors (Lipinski definition) is 5. The van der Waals surface area contributed by atoms with Crippen molar-refractivity contribution in [1.82, 2.24) is 15.5 Å². The summed E-state index contributed by atoms with van der Waals surface area (Å²) in [4.78, 5) is 11.8. The van der Waals surface area contributed by atoms with Crippen LogP contribution in [-0.2, 0) is 0 Å². The Hall–Kier alpha value is -1.17. The number of aromatic nitrogens is 2. The van der Waals surface area contributed by atoms with Crippen LogP contribution in [0.2, 0.25) is 0 Å². The van der Waals surface area contributed by atoms with Gasteiger partial charge >= 0.3 is 0 Å². The molecule has 0 aliphatic heterocycles. The largest absolute Gasteiger partial charge is 0.360 e. The number of carbonyl (C=O) groups is 1. The van der Waals surface area contributed by atoms with Crippen molar-refractivity contribution in [2.75, 3.05) is 18.4 Å². The van der Waals surface area contributed by atoms with Crippen LogP contribution in [0.3, 0.4) is 0 Å². The summed E-state index contributed by atoms with van der Waals surface area (Å²) in [5, 5.41) is 14.8. The molecule has 0 saturated heterocycles. The van der Waals surface area contributed by atoms with Crippen LogP contribution in [0.4, 0.5) is 5.13 Å². The van der Waals surface area contributed by atoms with Gasteiger partial charge in [-0.25, -0.2) is 0 Å². The van der Waals surface area contributed by atoms with E-state index in [1.165, 1.54) is 11.3 Å². The van der Waals surface area contributed by atoms with Crippen LogP contribution in [0, 0.1) is 5.92 Å². The Morgan fingerprint density at radius 2 is 2.00 bits per heavy atom. The van der Waals surface area contributed by atoms with Gasteiger partial charge in [-0.1, -0.05) is 38.0 Å². The zero-order valence-electron chi connectivity index (χ0n) is 10.6. The number of nitrogens with one attached hydrogen (secondary N) is 2. The van der Waals surface area contributed by atoms with Gasteiger partial charge < -0.3 is 10.6 Å². The van der Waals surface area contributed by atoms with Crippen LogP contribution in [-0.4, -0.2) is 29.2 Å². The van der Waals surface area contributed by atoms with E-state index in [1.807, 2.05) is 6.92 Å². The first kappa shape index (κ1) is 13.9. The average Bonchev–Trinajstić information content (AvgIpc) is 2.79. The van der Waals surface area contributed by atoms with E-state index < -0.39 is 0 Å². The molecule has 2 N–H and O–H groups in total. The Bertz CT molecular complexity index is 349. The molecule has 0 aliphatic carbocycles. The lowest BCUT2D eigenvalue weighted by atomic mass is 10.0. The molecular formula is C11H20N4OS. The number of hydrogen-bond donors (Lipinski definition) is 2. The van der Waals surface area contributed by atoms with E-state index in [9.17, 15) is 4.79 Å². The quantitative estimate of drug-likeness (QED) is 0.784. The Morgan fingerprint density at radius 3 is 2.59 bits per heavy atom. The maximum Gasteiger partial charge on any atom is 0.282 e. The highest BCUT2D eigenvalue weighted by Gasteiger charge is 2.13. The van der Waals surface area contributed by atoms with E-state index in [2.05, 4.69) is 34.7 Å². The Kier molecular flexibility index (Phi) is 5.90. The van der Waals surface area contributed by atoms with Crippen molar-refractivity contribution in [3.8, 4) is 0 Å². The van der Waals surface area contributed by atoms with Gasteiger partial charge in [0.1, 0.15) is 0 Å². The monoisotopic (exact) mass is 256 g/mol.